The molecule has 0 fully saturated rings. The molecule has 0 spiro atoms. The molecule has 1 heterocycles. The number of amides is 1. The van der Waals surface area contributed by atoms with E-state index >= 15 is 0 Å². The van der Waals surface area contributed by atoms with Gasteiger partial charge in [-0.2, -0.15) is 5.10 Å². The largest absolute Gasteiger partial charge is 0.481 e. The zero-order valence-electron chi connectivity index (χ0n) is 14.0. The Kier molecular flexibility index (Phi) is 4.79. The monoisotopic (exact) mass is 339 g/mol. The second kappa shape index (κ2) is 7.17. The molecule has 1 aromatic heterocycles. The molecule has 3 rings (SSSR count). The molecule has 0 saturated heterocycles. The number of nitrogens with one attached hydrogen (secondary N) is 1. The molecule has 0 atom stereocenters. The van der Waals surface area contributed by atoms with Crippen LogP contribution in [-0.4, -0.2) is 22.3 Å². The maximum Gasteiger partial charge on any atom is 0.262 e. The van der Waals surface area contributed by atoms with Gasteiger partial charge in [-0.15, -0.1) is 0 Å². The summed E-state index contributed by atoms with van der Waals surface area (Å²) in [5.41, 5.74) is 3.04. The predicted molar refractivity (Wildman–Crippen MR) is 93.6 cm³/mol. The Labute approximate surface area is 145 Å². The standard InChI is InChI=1S/C19H18FN3O2/c1-13-19(14(2)23(22-13)15-8-4-3-5-9-15)21-18(24)12-25-17-11-7-6-10-16(17)20/h3-11H,12H2,1-2H3,(H,21,24). The van der Waals surface area contributed by atoms with Gasteiger partial charge in [-0.25, -0.2) is 9.07 Å². The average Bonchev–Trinajstić information content (AvgIpc) is 2.90. The summed E-state index contributed by atoms with van der Waals surface area (Å²) in [5, 5.41) is 7.26. The number of aryl methyl sites for hydroxylation is 1. The van der Waals surface area contributed by atoms with E-state index in [0.29, 0.717) is 11.4 Å². The summed E-state index contributed by atoms with van der Waals surface area (Å²) in [6, 6.07) is 15.6. The van der Waals surface area contributed by atoms with Crippen molar-refractivity contribution in [2.45, 2.75) is 13.8 Å². The highest BCUT2D eigenvalue weighted by atomic mass is 19.1. The first-order chi connectivity index (χ1) is 12.1. The van der Waals surface area contributed by atoms with Gasteiger partial charge in [0.05, 0.1) is 22.8 Å². The normalized spacial score (nSPS) is 10.5. The molecular formula is C19H18FN3O2. The summed E-state index contributed by atoms with van der Waals surface area (Å²) < 4.78 is 20.5. The molecule has 1 amide bonds. The van der Waals surface area contributed by atoms with E-state index in [9.17, 15) is 9.18 Å². The van der Waals surface area contributed by atoms with Crippen molar-refractivity contribution < 1.29 is 13.9 Å². The van der Waals surface area contributed by atoms with Crippen molar-refractivity contribution in [3.8, 4) is 11.4 Å². The SMILES string of the molecule is Cc1nn(-c2ccccc2)c(C)c1NC(=O)COc1ccccc1F. The number of nitrogens with zero attached hydrogens (tertiary/aromatic N) is 2. The number of benzene rings is 2. The topological polar surface area (TPSA) is 56.2 Å². The summed E-state index contributed by atoms with van der Waals surface area (Å²) in [4.78, 5) is 12.2. The van der Waals surface area contributed by atoms with Gasteiger partial charge in [-0.3, -0.25) is 4.79 Å². The van der Waals surface area contributed by atoms with Gasteiger partial charge in [0.1, 0.15) is 0 Å². The molecule has 25 heavy (non-hydrogen) atoms. The van der Waals surface area contributed by atoms with Crippen molar-refractivity contribution in [2.24, 2.45) is 0 Å². The minimum absolute atomic E-state index is 0.0473. The van der Waals surface area contributed by atoms with Gasteiger partial charge < -0.3 is 10.1 Å². The number of hydrogen-bond donors (Lipinski definition) is 1. The number of anilines is 1. The second-order valence-corrected chi connectivity index (χ2v) is 5.56. The van der Waals surface area contributed by atoms with Crippen LogP contribution in [0.25, 0.3) is 5.69 Å². The third kappa shape index (κ3) is 3.68. The van der Waals surface area contributed by atoms with Crippen LogP contribution in [0.15, 0.2) is 54.6 Å². The van der Waals surface area contributed by atoms with Crippen LogP contribution in [0.1, 0.15) is 11.4 Å². The van der Waals surface area contributed by atoms with Gasteiger partial charge >= 0.3 is 0 Å². The number of halogens is 1. The highest BCUT2D eigenvalue weighted by molar-refractivity contribution is 5.93. The summed E-state index contributed by atoms with van der Waals surface area (Å²) in [7, 11) is 0. The van der Waals surface area contributed by atoms with Crippen molar-refractivity contribution in [1.82, 2.24) is 9.78 Å². The van der Waals surface area contributed by atoms with Crippen LogP contribution in [0.4, 0.5) is 10.1 Å². The molecule has 0 aliphatic carbocycles. The minimum atomic E-state index is -0.500. The summed E-state index contributed by atoms with van der Waals surface area (Å²) in [6.07, 6.45) is 0. The first-order valence-corrected chi connectivity index (χ1v) is 7.85. The minimum Gasteiger partial charge on any atom is -0.481 e. The molecule has 0 aliphatic heterocycles. The maximum absolute atomic E-state index is 13.5. The lowest BCUT2D eigenvalue weighted by atomic mass is 10.3. The third-order valence-corrected chi connectivity index (χ3v) is 3.75. The van der Waals surface area contributed by atoms with E-state index in [2.05, 4.69) is 10.4 Å². The molecule has 0 radical (unpaired) electrons. The van der Waals surface area contributed by atoms with Crippen LogP contribution in [0.2, 0.25) is 0 Å². The molecule has 5 nitrogen and oxygen atoms in total. The molecule has 0 aliphatic rings. The van der Waals surface area contributed by atoms with E-state index in [1.807, 2.05) is 44.2 Å². The molecule has 1 N–H and O–H groups in total. The van der Waals surface area contributed by atoms with E-state index in [4.69, 9.17) is 4.74 Å². The Balaban J connectivity index is 1.72. The van der Waals surface area contributed by atoms with Crippen LogP contribution in [0, 0.1) is 19.7 Å². The zero-order chi connectivity index (χ0) is 17.8. The Morgan fingerprint density at radius 1 is 1.12 bits per heavy atom. The van der Waals surface area contributed by atoms with E-state index in [0.717, 1.165) is 11.4 Å². The Morgan fingerprint density at radius 2 is 1.80 bits per heavy atom. The second-order valence-electron chi connectivity index (χ2n) is 5.56. The number of hydrogen-bond acceptors (Lipinski definition) is 3. The third-order valence-electron chi connectivity index (χ3n) is 3.75. The number of carbonyl (C=O) groups excluding carboxylic acids is 1. The van der Waals surface area contributed by atoms with Crippen molar-refractivity contribution in [3.63, 3.8) is 0 Å². The van der Waals surface area contributed by atoms with Crippen LogP contribution >= 0.6 is 0 Å². The van der Waals surface area contributed by atoms with Crippen molar-refractivity contribution in [2.75, 3.05) is 11.9 Å². The van der Waals surface area contributed by atoms with Gasteiger partial charge in [0.25, 0.3) is 5.91 Å². The predicted octanol–water partition coefficient (Wildman–Crippen LogP) is 3.65. The van der Waals surface area contributed by atoms with E-state index in [1.165, 1.54) is 12.1 Å². The Morgan fingerprint density at radius 3 is 2.52 bits per heavy atom. The van der Waals surface area contributed by atoms with E-state index < -0.39 is 5.82 Å². The maximum atomic E-state index is 13.5. The fourth-order valence-electron chi connectivity index (χ4n) is 2.52. The van der Waals surface area contributed by atoms with E-state index in [1.54, 1.807) is 16.8 Å². The van der Waals surface area contributed by atoms with Crippen LogP contribution < -0.4 is 10.1 Å². The van der Waals surface area contributed by atoms with Crippen LogP contribution in [0.5, 0.6) is 5.75 Å². The van der Waals surface area contributed by atoms with Gasteiger partial charge in [0, 0.05) is 0 Å². The molecule has 6 heteroatoms. The number of ether oxygens (including phenoxy) is 1. The molecule has 2 aromatic carbocycles. The van der Waals surface area contributed by atoms with Gasteiger partial charge in [-0.1, -0.05) is 30.3 Å². The Hall–Kier alpha value is -3.15. The number of rotatable bonds is 5. The Bertz CT molecular complexity index is 891. The lowest BCUT2D eigenvalue weighted by Crippen LogP contribution is -2.21. The van der Waals surface area contributed by atoms with Crippen molar-refractivity contribution in [3.05, 3.63) is 71.8 Å². The fourth-order valence-corrected chi connectivity index (χ4v) is 2.52. The van der Waals surface area contributed by atoms with E-state index in [-0.39, 0.29) is 18.3 Å². The summed E-state index contributed by atoms with van der Waals surface area (Å²) in [6.45, 7) is 3.41. The van der Waals surface area contributed by atoms with Crippen molar-refractivity contribution >= 4 is 11.6 Å². The van der Waals surface area contributed by atoms with Gasteiger partial charge in [0.2, 0.25) is 0 Å². The average molecular weight is 339 g/mol. The summed E-state index contributed by atoms with van der Waals surface area (Å²) >= 11 is 0. The molecule has 0 saturated carbocycles. The highest BCUT2D eigenvalue weighted by Gasteiger charge is 2.15. The zero-order valence-corrected chi connectivity index (χ0v) is 14.0. The first-order valence-electron chi connectivity index (χ1n) is 7.85. The molecule has 128 valence electrons. The summed E-state index contributed by atoms with van der Waals surface area (Å²) in [5.74, 6) is -0.826. The van der Waals surface area contributed by atoms with Crippen molar-refractivity contribution in [1.29, 1.82) is 0 Å². The quantitative estimate of drug-likeness (QED) is 0.772. The number of aromatic nitrogens is 2. The van der Waals surface area contributed by atoms with Crippen LogP contribution in [0.3, 0.4) is 0 Å². The lowest BCUT2D eigenvalue weighted by molar-refractivity contribution is -0.118. The van der Waals surface area contributed by atoms with Crippen LogP contribution in [-0.2, 0) is 4.79 Å². The number of para-hydroxylation sites is 2. The van der Waals surface area contributed by atoms with Gasteiger partial charge in [-0.05, 0) is 38.1 Å². The first kappa shape index (κ1) is 16.7. The molecular weight excluding hydrogens is 321 g/mol. The molecule has 3 aromatic rings. The van der Waals surface area contributed by atoms with Gasteiger partial charge in [0.15, 0.2) is 18.2 Å². The number of carbonyl (C=O) groups is 1. The molecule has 0 unspecified atom stereocenters. The smallest absolute Gasteiger partial charge is 0.262 e. The highest BCUT2D eigenvalue weighted by Crippen LogP contribution is 2.23. The fraction of sp³-hybridized carbons (Fsp3) is 0.158. The lowest BCUT2D eigenvalue weighted by Gasteiger charge is -2.09. The molecule has 0 bridgehead atoms.